The van der Waals surface area contributed by atoms with Crippen molar-refractivity contribution in [3.63, 3.8) is 0 Å². The van der Waals surface area contributed by atoms with E-state index in [2.05, 4.69) is 19.2 Å². The highest BCUT2D eigenvalue weighted by atomic mass is 16.5. The molecule has 0 heterocycles. The normalized spacial score (nSPS) is 13.6. The second-order valence-electron chi connectivity index (χ2n) is 6.29. The van der Waals surface area contributed by atoms with Crippen LogP contribution < -0.4 is 10.1 Å². The van der Waals surface area contributed by atoms with Crippen molar-refractivity contribution < 1.29 is 19.0 Å². The molecule has 0 saturated carbocycles. The van der Waals surface area contributed by atoms with Crippen molar-refractivity contribution in [1.82, 2.24) is 0 Å². The van der Waals surface area contributed by atoms with Crippen molar-refractivity contribution in [2.45, 2.75) is 46.6 Å². The number of amides is 1. The van der Waals surface area contributed by atoms with Crippen LogP contribution in [-0.4, -0.2) is 37.9 Å². The number of nitrogens with one attached hydrogen (secondary N) is 1. The summed E-state index contributed by atoms with van der Waals surface area (Å²) in [5.41, 5.74) is -0.0953. The molecule has 0 unspecified atom stereocenters. The van der Waals surface area contributed by atoms with Crippen molar-refractivity contribution in [2.75, 3.05) is 31.7 Å². The third-order valence-electron chi connectivity index (χ3n) is 3.55. The summed E-state index contributed by atoms with van der Waals surface area (Å²) in [5.74, 6) is 0.999. The Bertz CT molecular complexity index is 487. The zero-order chi connectivity index (χ0) is 18.0. The number of ether oxygens (including phenoxy) is 3. The second-order valence-corrected chi connectivity index (χ2v) is 6.29. The second kappa shape index (κ2) is 10.3. The first kappa shape index (κ1) is 20.5. The van der Waals surface area contributed by atoms with Gasteiger partial charge in [0, 0.05) is 18.9 Å². The third kappa shape index (κ3) is 6.89. The molecule has 136 valence electrons. The van der Waals surface area contributed by atoms with Gasteiger partial charge in [-0.05, 0) is 57.4 Å². The molecule has 1 amide bonds. The van der Waals surface area contributed by atoms with E-state index in [1.165, 1.54) is 0 Å². The predicted octanol–water partition coefficient (Wildman–Crippen LogP) is 3.88. The zero-order valence-corrected chi connectivity index (χ0v) is 15.6. The van der Waals surface area contributed by atoms with Gasteiger partial charge in [-0.2, -0.15) is 0 Å². The number of carbonyl (C=O) groups is 1. The van der Waals surface area contributed by atoms with Crippen LogP contribution in [0.5, 0.6) is 5.75 Å². The minimum atomic E-state index is -0.824. The molecule has 1 N–H and O–H groups in total. The van der Waals surface area contributed by atoms with Crippen LogP contribution in [0, 0.1) is 5.92 Å². The van der Waals surface area contributed by atoms with Gasteiger partial charge in [0.25, 0.3) is 5.91 Å². The fraction of sp³-hybridized carbons (Fsp3) is 0.632. The van der Waals surface area contributed by atoms with Crippen molar-refractivity contribution in [1.29, 1.82) is 0 Å². The summed E-state index contributed by atoms with van der Waals surface area (Å²) in [7, 11) is 0. The molecule has 0 aliphatic carbocycles. The van der Waals surface area contributed by atoms with Gasteiger partial charge in [0.05, 0.1) is 6.61 Å². The number of hydrogen-bond acceptors (Lipinski definition) is 4. The lowest BCUT2D eigenvalue weighted by atomic mass is 9.93. The van der Waals surface area contributed by atoms with Crippen molar-refractivity contribution in [3.05, 3.63) is 24.3 Å². The first-order chi connectivity index (χ1) is 11.4. The summed E-state index contributed by atoms with van der Waals surface area (Å²) >= 11 is 0. The maximum Gasteiger partial charge on any atom is 0.256 e. The minimum Gasteiger partial charge on any atom is -0.491 e. The Morgan fingerprint density at radius 3 is 2.33 bits per heavy atom. The van der Waals surface area contributed by atoms with Gasteiger partial charge in [-0.1, -0.05) is 13.8 Å². The molecule has 1 atom stereocenters. The summed E-state index contributed by atoms with van der Waals surface area (Å²) in [5, 5.41) is 2.93. The fourth-order valence-corrected chi connectivity index (χ4v) is 2.58. The van der Waals surface area contributed by atoms with Crippen LogP contribution >= 0.6 is 0 Å². The molecule has 0 bridgehead atoms. The Morgan fingerprint density at radius 2 is 1.79 bits per heavy atom. The Balaban J connectivity index is 2.62. The molecule has 5 nitrogen and oxygen atoms in total. The zero-order valence-electron chi connectivity index (χ0n) is 15.6. The average molecular weight is 337 g/mol. The molecule has 24 heavy (non-hydrogen) atoms. The molecular weight excluding hydrogens is 306 g/mol. The molecule has 5 heteroatoms. The maximum absolute atomic E-state index is 12.6. The molecule has 0 fully saturated rings. The van der Waals surface area contributed by atoms with Gasteiger partial charge in [-0.3, -0.25) is 4.79 Å². The first-order valence-corrected chi connectivity index (χ1v) is 8.67. The van der Waals surface area contributed by atoms with E-state index in [0.29, 0.717) is 38.8 Å². The highest BCUT2D eigenvalue weighted by molar-refractivity contribution is 5.97. The highest BCUT2D eigenvalue weighted by Crippen LogP contribution is 2.24. The lowest BCUT2D eigenvalue weighted by Gasteiger charge is -2.29. The lowest BCUT2D eigenvalue weighted by molar-refractivity contribution is -0.140. The smallest absolute Gasteiger partial charge is 0.256 e. The van der Waals surface area contributed by atoms with Gasteiger partial charge in [0.1, 0.15) is 18.0 Å². The average Bonchev–Trinajstić information content (AvgIpc) is 2.52. The predicted molar refractivity (Wildman–Crippen MR) is 96.5 cm³/mol. The van der Waals surface area contributed by atoms with E-state index < -0.39 is 5.60 Å². The highest BCUT2D eigenvalue weighted by Gasteiger charge is 2.34. The van der Waals surface area contributed by atoms with E-state index in [-0.39, 0.29) is 5.91 Å². The largest absolute Gasteiger partial charge is 0.491 e. The van der Waals surface area contributed by atoms with E-state index >= 15 is 0 Å². The first-order valence-electron chi connectivity index (χ1n) is 8.67. The minimum absolute atomic E-state index is 0.122. The van der Waals surface area contributed by atoms with E-state index in [9.17, 15) is 4.79 Å². The number of rotatable bonds is 11. The van der Waals surface area contributed by atoms with Gasteiger partial charge in [-0.25, -0.2) is 0 Å². The van der Waals surface area contributed by atoms with Crippen LogP contribution in [0.4, 0.5) is 5.69 Å². The summed E-state index contributed by atoms with van der Waals surface area (Å²) in [6.45, 7) is 12.1. The molecular formula is C19H31NO4. The molecule has 1 aromatic rings. The van der Waals surface area contributed by atoms with Crippen LogP contribution in [0.1, 0.15) is 41.0 Å². The molecule has 0 spiro atoms. The Hall–Kier alpha value is -1.59. The molecule has 0 saturated heterocycles. The van der Waals surface area contributed by atoms with E-state index in [4.69, 9.17) is 14.2 Å². The third-order valence-corrected chi connectivity index (χ3v) is 3.55. The Morgan fingerprint density at radius 1 is 1.12 bits per heavy atom. The quantitative estimate of drug-likeness (QED) is 0.623. The summed E-state index contributed by atoms with van der Waals surface area (Å²) in [6, 6.07) is 7.33. The van der Waals surface area contributed by atoms with Crippen LogP contribution in [-0.2, 0) is 14.3 Å². The van der Waals surface area contributed by atoms with Gasteiger partial charge >= 0.3 is 0 Å². The molecule has 1 aromatic carbocycles. The lowest BCUT2D eigenvalue weighted by Crippen LogP contribution is -2.43. The van der Waals surface area contributed by atoms with Crippen molar-refractivity contribution in [3.8, 4) is 5.75 Å². The van der Waals surface area contributed by atoms with E-state index in [1.807, 2.05) is 45.0 Å². The van der Waals surface area contributed by atoms with Crippen LogP contribution in [0.2, 0.25) is 0 Å². The standard InChI is InChI=1S/C19H31NO4/c1-6-22-12-13-23-17-10-8-16(9-11-17)20-18(21)19(5,24-7-2)14-15(3)4/h8-11,15H,6-7,12-14H2,1-5H3,(H,20,21)/t19-/m1/s1. The summed E-state index contributed by atoms with van der Waals surface area (Å²) < 4.78 is 16.5. The number of hydrogen-bond donors (Lipinski definition) is 1. The van der Waals surface area contributed by atoms with Gasteiger partial charge in [0.2, 0.25) is 0 Å². The van der Waals surface area contributed by atoms with E-state index in [1.54, 1.807) is 0 Å². The molecule has 0 aromatic heterocycles. The van der Waals surface area contributed by atoms with Crippen molar-refractivity contribution in [2.24, 2.45) is 5.92 Å². The van der Waals surface area contributed by atoms with Gasteiger partial charge in [0.15, 0.2) is 0 Å². The van der Waals surface area contributed by atoms with E-state index in [0.717, 1.165) is 11.4 Å². The Labute approximate surface area is 145 Å². The molecule has 0 radical (unpaired) electrons. The number of carbonyl (C=O) groups excluding carboxylic acids is 1. The summed E-state index contributed by atoms with van der Waals surface area (Å²) in [6.07, 6.45) is 0.672. The fourth-order valence-electron chi connectivity index (χ4n) is 2.58. The van der Waals surface area contributed by atoms with Crippen molar-refractivity contribution >= 4 is 11.6 Å². The summed E-state index contributed by atoms with van der Waals surface area (Å²) in [4.78, 5) is 12.6. The Kier molecular flexibility index (Phi) is 8.79. The number of benzene rings is 1. The van der Waals surface area contributed by atoms with Crippen LogP contribution in [0.15, 0.2) is 24.3 Å². The topological polar surface area (TPSA) is 56.8 Å². The maximum atomic E-state index is 12.6. The number of anilines is 1. The molecule has 0 aliphatic heterocycles. The van der Waals surface area contributed by atoms with Crippen LogP contribution in [0.25, 0.3) is 0 Å². The van der Waals surface area contributed by atoms with Gasteiger partial charge < -0.3 is 19.5 Å². The SMILES string of the molecule is CCOCCOc1ccc(NC(=O)[C@@](C)(CC(C)C)OCC)cc1. The van der Waals surface area contributed by atoms with Crippen LogP contribution in [0.3, 0.4) is 0 Å². The molecule has 0 aliphatic rings. The van der Waals surface area contributed by atoms with Gasteiger partial charge in [-0.15, -0.1) is 0 Å². The monoisotopic (exact) mass is 337 g/mol. The molecule has 1 rings (SSSR count).